The summed E-state index contributed by atoms with van der Waals surface area (Å²) >= 11 is 0. The fraction of sp³-hybridized carbons (Fsp3) is 0.391. The molecular formula is C23H20F4N6O2. The first-order valence-corrected chi connectivity index (χ1v) is 10.6. The number of piperazine rings is 1. The maximum atomic E-state index is 13.7. The summed E-state index contributed by atoms with van der Waals surface area (Å²) in [6.07, 6.45) is -3.01. The van der Waals surface area contributed by atoms with Crippen LogP contribution in [0.5, 0.6) is 0 Å². The van der Waals surface area contributed by atoms with Gasteiger partial charge in [-0.25, -0.2) is 9.37 Å². The van der Waals surface area contributed by atoms with Gasteiger partial charge in [-0.2, -0.15) is 23.7 Å². The average Bonchev–Trinajstić information content (AvgIpc) is 2.78. The number of nitriles is 2. The Hall–Kier alpha value is -3.74. The summed E-state index contributed by atoms with van der Waals surface area (Å²) in [6, 6.07) is 7.31. The standard InChI is InChI=1S/C23H20F4N6O2/c1-22(35,21(34)31-15-3-2-13(7-28)18(5-15)23(25,26)27)12-32-10-16-6-17(11-32)33(16)20-4-14(24)9-30-19(20)8-29/h2-5,9,16-17,35H,6,10-12H2,1H3,(H,31,34)/t16?,17?,22-/m0/s1. The number of aromatic nitrogens is 1. The van der Waals surface area contributed by atoms with E-state index in [9.17, 15) is 32.7 Å². The van der Waals surface area contributed by atoms with Gasteiger partial charge in [-0.1, -0.05) is 0 Å². The molecule has 8 nitrogen and oxygen atoms in total. The van der Waals surface area contributed by atoms with E-state index in [1.165, 1.54) is 19.1 Å². The molecule has 2 bridgehead atoms. The molecule has 1 amide bonds. The summed E-state index contributed by atoms with van der Waals surface area (Å²) in [6.45, 7) is 2.03. The number of hydrogen-bond donors (Lipinski definition) is 2. The topological polar surface area (TPSA) is 116 Å². The highest BCUT2D eigenvalue weighted by molar-refractivity contribution is 5.97. The number of nitrogens with zero attached hydrogens (tertiary/aromatic N) is 5. The summed E-state index contributed by atoms with van der Waals surface area (Å²) in [7, 11) is 0. The number of piperidine rings is 1. The van der Waals surface area contributed by atoms with Gasteiger partial charge in [-0.3, -0.25) is 9.69 Å². The third-order valence-electron chi connectivity index (χ3n) is 6.21. The molecular weight excluding hydrogens is 468 g/mol. The number of halogens is 4. The molecule has 3 atom stereocenters. The minimum absolute atomic E-state index is 0.0730. The van der Waals surface area contributed by atoms with Crippen molar-refractivity contribution in [2.75, 3.05) is 29.9 Å². The molecule has 3 fully saturated rings. The fourth-order valence-electron chi connectivity index (χ4n) is 4.66. The van der Waals surface area contributed by atoms with Gasteiger partial charge >= 0.3 is 6.18 Å². The molecule has 3 aliphatic rings. The smallest absolute Gasteiger partial charge is 0.379 e. The molecule has 0 spiro atoms. The Bertz CT molecular complexity index is 1240. The van der Waals surface area contributed by atoms with E-state index in [4.69, 9.17) is 5.26 Å². The van der Waals surface area contributed by atoms with Gasteiger partial charge in [0.1, 0.15) is 11.9 Å². The first kappa shape index (κ1) is 24.4. The molecule has 2 N–H and O–H groups in total. The maximum Gasteiger partial charge on any atom is 0.417 e. The number of aliphatic hydroxyl groups is 1. The number of rotatable bonds is 5. The SMILES string of the molecule is C[C@](O)(CN1CC2CC(C1)N2c1cc(F)cnc1C#N)C(=O)Nc1ccc(C#N)c(C(F)(F)F)c1. The van der Waals surface area contributed by atoms with Gasteiger partial charge in [-0.05, 0) is 31.5 Å². The first-order chi connectivity index (χ1) is 16.4. The Morgan fingerprint density at radius 1 is 1.23 bits per heavy atom. The molecule has 0 saturated carbocycles. The predicted octanol–water partition coefficient (Wildman–Crippen LogP) is 2.64. The van der Waals surface area contributed by atoms with E-state index in [-0.39, 0.29) is 30.0 Å². The number of fused-ring (bicyclic) bond motifs is 2. The van der Waals surface area contributed by atoms with Crippen LogP contribution in [-0.4, -0.2) is 58.2 Å². The quantitative estimate of drug-likeness (QED) is 0.622. The van der Waals surface area contributed by atoms with Crippen molar-refractivity contribution in [1.82, 2.24) is 9.88 Å². The van der Waals surface area contributed by atoms with Gasteiger partial charge in [0.05, 0.1) is 29.1 Å². The number of benzene rings is 1. The zero-order valence-corrected chi connectivity index (χ0v) is 18.5. The van der Waals surface area contributed by atoms with E-state index in [1.54, 1.807) is 0 Å². The Morgan fingerprint density at radius 3 is 2.51 bits per heavy atom. The van der Waals surface area contributed by atoms with Gasteiger partial charge < -0.3 is 15.3 Å². The van der Waals surface area contributed by atoms with Crippen molar-refractivity contribution in [1.29, 1.82) is 10.5 Å². The molecule has 0 radical (unpaired) electrons. The second kappa shape index (κ2) is 8.80. The zero-order chi connectivity index (χ0) is 25.5. The van der Waals surface area contributed by atoms with Crippen LogP contribution in [0, 0.1) is 28.5 Å². The number of anilines is 2. The van der Waals surface area contributed by atoms with Gasteiger partial charge in [0, 0.05) is 43.5 Å². The average molecular weight is 488 g/mol. The summed E-state index contributed by atoms with van der Waals surface area (Å²) in [5.41, 5.74) is -3.37. The zero-order valence-electron chi connectivity index (χ0n) is 18.5. The van der Waals surface area contributed by atoms with E-state index < -0.39 is 34.6 Å². The number of nitrogens with one attached hydrogen (secondary N) is 1. The second-order valence-electron chi connectivity index (χ2n) is 8.88. The van der Waals surface area contributed by atoms with Gasteiger partial charge in [0.25, 0.3) is 5.91 Å². The summed E-state index contributed by atoms with van der Waals surface area (Å²) in [4.78, 5) is 20.3. The first-order valence-electron chi connectivity index (χ1n) is 10.6. The fourth-order valence-corrected chi connectivity index (χ4v) is 4.66. The molecule has 5 rings (SSSR count). The van der Waals surface area contributed by atoms with Crippen molar-refractivity contribution >= 4 is 17.3 Å². The summed E-state index contributed by atoms with van der Waals surface area (Å²) in [5, 5.41) is 31.3. The van der Waals surface area contributed by atoms with Crippen LogP contribution in [-0.2, 0) is 11.0 Å². The van der Waals surface area contributed by atoms with Crippen LogP contribution in [0.3, 0.4) is 0 Å². The number of alkyl halides is 3. The molecule has 2 aromatic rings. The number of amides is 1. The van der Waals surface area contributed by atoms with E-state index >= 15 is 0 Å². The monoisotopic (exact) mass is 488 g/mol. The molecule has 12 heteroatoms. The number of pyridine rings is 1. The van der Waals surface area contributed by atoms with E-state index in [2.05, 4.69) is 10.3 Å². The highest BCUT2D eigenvalue weighted by Gasteiger charge is 2.47. The van der Waals surface area contributed by atoms with Gasteiger partial charge in [-0.15, -0.1) is 0 Å². The van der Waals surface area contributed by atoms with E-state index in [1.807, 2.05) is 15.9 Å². The minimum atomic E-state index is -4.78. The normalized spacial score (nSPS) is 21.3. The second-order valence-corrected chi connectivity index (χ2v) is 8.88. The van der Waals surface area contributed by atoms with Crippen molar-refractivity contribution in [3.63, 3.8) is 0 Å². The Kier molecular flexibility index (Phi) is 6.13. The number of hydrogen-bond acceptors (Lipinski definition) is 7. The third kappa shape index (κ3) is 4.76. The van der Waals surface area contributed by atoms with E-state index in [0.717, 1.165) is 24.8 Å². The van der Waals surface area contributed by atoms with Crippen molar-refractivity contribution in [3.8, 4) is 12.1 Å². The molecule has 3 aliphatic heterocycles. The third-order valence-corrected chi connectivity index (χ3v) is 6.21. The highest BCUT2D eigenvalue weighted by Crippen LogP contribution is 2.39. The lowest BCUT2D eigenvalue weighted by atomic mass is 9.85. The summed E-state index contributed by atoms with van der Waals surface area (Å²) < 4.78 is 53.3. The molecule has 3 saturated heterocycles. The number of carbonyl (C=O) groups excluding carboxylic acids is 1. The maximum absolute atomic E-state index is 13.7. The Morgan fingerprint density at radius 2 is 1.91 bits per heavy atom. The van der Waals surface area contributed by atoms with Crippen LogP contribution >= 0.6 is 0 Å². The Labute approximate surface area is 198 Å². The number of carbonyl (C=O) groups is 1. The van der Waals surface area contributed by atoms with Crippen LogP contribution in [0.4, 0.5) is 28.9 Å². The van der Waals surface area contributed by atoms with Crippen molar-refractivity contribution in [2.24, 2.45) is 0 Å². The molecule has 1 aromatic carbocycles. The van der Waals surface area contributed by atoms with Gasteiger partial charge in [0.2, 0.25) is 0 Å². The van der Waals surface area contributed by atoms with Crippen molar-refractivity contribution in [3.05, 3.63) is 53.1 Å². The lowest BCUT2D eigenvalue weighted by Crippen LogP contribution is -2.70. The van der Waals surface area contributed by atoms with Crippen LogP contribution in [0.1, 0.15) is 30.2 Å². The largest absolute Gasteiger partial charge is 0.417 e. The molecule has 0 aliphatic carbocycles. The van der Waals surface area contributed by atoms with Crippen LogP contribution < -0.4 is 10.2 Å². The van der Waals surface area contributed by atoms with Crippen LogP contribution in [0.25, 0.3) is 0 Å². The minimum Gasteiger partial charge on any atom is -0.379 e. The van der Waals surface area contributed by atoms with Gasteiger partial charge in [0.15, 0.2) is 11.3 Å². The summed E-state index contributed by atoms with van der Waals surface area (Å²) in [5.74, 6) is -1.45. The molecule has 4 heterocycles. The lowest BCUT2D eigenvalue weighted by molar-refractivity contribution is -0.138. The van der Waals surface area contributed by atoms with E-state index in [0.29, 0.717) is 24.8 Å². The lowest BCUT2D eigenvalue weighted by Gasteiger charge is -2.58. The predicted molar refractivity (Wildman–Crippen MR) is 115 cm³/mol. The van der Waals surface area contributed by atoms with Crippen molar-refractivity contribution in [2.45, 2.75) is 37.2 Å². The highest BCUT2D eigenvalue weighted by atomic mass is 19.4. The molecule has 1 aromatic heterocycles. The molecule has 182 valence electrons. The molecule has 2 unspecified atom stereocenters. The molecule has 35 heavy (non-hydrogen) atoms. The van der Waals surface area contributed by atoms with Crippen molar-refractivity contribution < 1.29 is 27.5 Å². The Balaban J connectivity index is 1.42. The van der Waals surface area contributed by atoms with Crippen LogP contribution in [0.2, 0.25) is 0 Å². The van der Waals surface area contributed by atoms with Crippen LogP contribution in [0.15, 0.2) is 30.5 Å².